The molecule has 2 atom stereocenters. The predicted molar refractivity (Wildman–Crippen MR) is 82.3 cm³/mol. The van der Waals surface area contributed by atoms with Gasteiger partial charge in [0.05, 0.1) is 12.1 Å². The van der Waals surface area contributed by atoms with Crippen LogP contribution >= 0.6 is 11.6 Å². The minimum Gasteiger partial charge on any atom is -0.444 e. The van der Waals surface area contributed by atoms with E-state index in [1.165, 1.54) is 0 Å². The zero-order valence-electron chi connectivity index (χ0n) is 12.6. The van der Waals surface area contributed by atoms with Crippen molar-refractivity contribution in [1.29, 1.82) is 0 Å². The zero-order valence-corrected chi connectivity index (χ0v) is 13.4. The van der Waals surface area contributed by atoms with Gasteiger partial charge in [-0.3, -0.25) is 0 Å². The molecular formula is C16H22ClNO3. The number of carbonyl (C=O) groups excluding carboxylic acids is 1. The van der Waals surface area contributed by atoms with Crippen LogP contribution in [0.5, 0.6) is 0 Å². The summed E-state index contributed by atoms with van der Waals surface area (Å²) in [6, 6.07) is 6.69. The molecule has 0 aliphatic heterocycles. The Morgan fingerprint density at radius 2 is 1.90 bits per heavy atom. The van der Waals surface area contributed by atoms with Crippen molar-refractivity contribution in [3.05, 3.63) is 34.9 Å². The molecule has 1 amide bonds. The molecule has 0 aromatic heterocycles. The van der Waals surface area contributed by atoms with Gasteiger partial charge < -0.3 is 15.2 Å². The van der Waals surface area contributed by atoms with Crippen LogP contribution in [-0.2, 0) is 4.74 Å². The first-order valence-electron chi connectivity index (χ1n) is 7.19. The van der Waals surface area contributed by atoms with Gasteiger partial charge in [-0.1, -0.05) is 23.7 Å². The van der Waals surface area contributed by atoms with Gasteiger partial charge in [-0.2, -0.15) is 0 Å². The molecule has 1 aromatic carbocycles. The molecule has 1 aliphatic rings. The topological polar surface area (TPSA) is 58.6 Å². The van der Waals surface area contributed by atoms with Crippen molar-refractivity contribution >= 4 is 17.7 Å². The fraction of sp³-hybridized carbons (Fsp3) is 0.562. The first kappa shape index (κ1) is 16.1. The van der Waals surface area contributed by atoms with Crippen LogP contribution < -0.4 is 5.32 Å². The number of nitrogens with one attached hydrogen (secondary N) is 1. The summed E-state index contributed by atoms with van der Waals surface area (Å²) in [6.45, 7) is 5.44. The van der Waals surface area contributed by atoms with Gasteiger partial charge in [0.25, 0.3) is 0 Å². The molecule has 0 saturated heterocycles. The maximum absolute atomic E-state index is 11.9. The Labute approximate surface area is 130 Å². The van der Waals surface area contributed by atoms with Gasteiger partial charge in [0.15, 0.2) is 0 Å². The fourth-order valence-corrected chi connectivity index (χ4v) is 2.35. The van der Waals surface area contributed by atoms with Crippen molar-refractivity contribution < 1.29 is 14.6 Å². The van der Waals surface area contributed by atoms with E-state index in [0.717, 1.165) is 18.4 Å². The number of carbonyl (C=O) groups is 1. The average molecular weight is 312 g/mol. The Hall–Kier alpha value is -1.26. The Kier molecular flexibility index (Phi) is 4.79. The fourth-order valence-electron chi connectivity index (χ4n) is 2.22. The van der Waals surface area contributed by atoms with Crippen LogP contribution in [0, 0.1) is 5.92 Å². The zero-order chi connectivity index (χ0) is 15.6. The molecule has 1 fully saturated rings. The van der Waals surface area contributed by atoms with Crippen LogP contribution in [0.15, 0.2) is 24.3 Å². The quantitative estimate of drug-likeness (QED) is 0.892. The van der Waals surface area contributed by atoms with Crippen LogP contribution in [0.25, 0.3) is 0 Å². The minimum atomic E-state index is -0.762. The molecule has 2 N–H and O–H groups in total. The van der Waals surface area contributed by atoms with Gasteiger partial charge in [-0.15, -0.1) is 0 Å². The minimum absolute atomic E-state index is 0.295. The van der Waals surface area contributed by atoms with Crippen molar-refractivity contribution in [2.45, 2.75) is 51.4 Å². The maximum atomic E-state index is 11.9. The summed E-state index contributed by atoms with van der Waals surface area (Å²) in [4.78, 5) is 11.9. The highest BCUT2D eigenvalue weighted by molar-refractivity contribution is 6.30. The molecule has 0 spiro atoms. The summed E-state index contributed by atoms with van der Waals surface area (Å²) >= 11 is 5.86. The summed E-state index contributed by atoms with van der Waals surface area (Å²) in [7, 11) is 0. The van der Waals surface area contributed by atoms with Gasteiger partial charge in [0, 0.05) is 5.02 Å². The highest BCUT2D eigenvalue weighted by Crippen LogP contribution is 2.38. The summed E-state index contributed by atoms with van der Waals surface area (Å²) < 4.78 is 5.27. The molecule has 1 aromatic rings. The number of aliphatic hydroxyl groups is 1. The molecule has 1 unspecified atom stereocenters. The highest BCUT2D eigenvalue weighted by atomic mass is 35.5. The van der Waals surface area contributed by atoms with Crippen molar-refractivity contribution in [3.8, 4) is 0 Å². The van der Waals surface area contributed by atoms with Gasteiger partial charge in [0.1, 0.15) is 5.60 Å². The van der Waals surface area contributed by atoms with Crippen molar-refractivity contribution in [3.63, 3.8) is 0 Å². The van der Waals surface area contributed by atoms with Gasteiger partial charge in [0.2, 0.25) is 0 Å². The SMILES string of the molecule is CC(C)(C)OC(=O)N[C@@H](C1CC1)C(O)c1ccc(Cl)cc1. The lowest BCUT2D eigenvalue weighted by atomic mass is 9.99. The van der Waals surface area contributed by atoms with Crippen molar-refractivity contribution in [1.82, 2.24) is 5.32 Å². The van der Waals surface area contributed by atoms with E-state index in [4.69, 9.17) is 16.3 Å². The number of hydrogen-bond donors (Lipinski definition) is 2. The number of benzene rings is 1. The molecule has 2 rings (SSSR count). The van der Waals surface area contributed by atoms with Crippen LogP contribution in [0.4, 0.5) is 4.79 Å². The smallest absolute Gasteiger partial charge is 0.407 e. The number of halogens is 1. The lowest BCUT2D eigenvalue weighted by molar-refractivity contribution is 0.0400. The van der Waals surface area contributed by atoms with Crippen LogP contribution in [0.1, 0.15) is 45.3 Å². The Morgan fingerprint density at radius 1 is 1.33 bits per heavy atom. The van der Waals surface area contributed by atoms with E-state index in [1.807, 2.05) is 20.8 Å². The largest absolute Gasteiger partial charge is 0.444 e. The van der Waals surface area contributed by atoms with E-state index in [1.54, 1.807) is 24.3 Å². The number of ether oxygens (including phenoxy) is 1. The Balaban J connectivity index is 2.05. The third-order valence-corrected chi connectivity index (χ3v) is 3.62. The van der Waals surface area contributed by atoms with Gasteiger partial charge in [-0.25, -0.2) is 4.79 Å². The molecule has 0 heterocycles. The molecule has 0 radical (unpaired) electrons. The Morgan fingerprint density at radius 3 is 2.38 bits per heavy atom. The summed E-state index contributed by atoms with van der Waals surface area (Å²) in [5, 5.41) is 13.9. The molecule has 5 heteroatoms. The lowest BCUT2D eigenvalue weighted by Gasteiger charge is -2.27. The van der Waals surface area contributed by atoms with E-state index in [0.29, 0.717) is 10.9 Å². The van der Waals surface area contributed by atoms with E-state index in [2.05, 4.69) is 5.32 Å². The van der Waals surface area contributed by atoms with E-state index < -0.39 is 17.8 Å². The third-order valence-electron chi connectivity index (χ3n) is 3.36. The van der Waals surface area contributed by atoms with Gasteiger partial charge in [-0.05, 0) is 57.2 Å². The molecule has 0 bridgehead atoms. The maximum Gasteiger partial charge on any atom is 0.407 e. The number of amides is 1. The van der Waals surface area contributed by atoms with Crippen molar-refractivity contribution in [2.75, 3.05) is 0 Å². The van der Waals surface area contributed by atoms with E-state index in [-0.39, 0.29) is 6.04 Å². The second-order valence-corrected chi connectivity index (χ2v) is 6.94. The molecule has 21 heavy (non-hydrogen) atoms. The van der Waals surface area contributed by atoms with Crippen LogP contribution in [0.2, 0.25) is 5.02 Å². The van der Waals surface area contributed by atoms with E-state index >= 15 is 0 Å². The number of alkyl carbamates (subject to hydrolysis) is 1. The molecule has 1 saturated carbocycles. The number of hydrogen-bond acceptors (Lipinski definition) is 3. The van der Waals surface area contributed by atoms with Crippen molar-refractivity contribution in [2.24, 2.45) is 5.92 Å². The predicted octanol–water partition coefficient (Wildman–Crippen LogP) is 3.68. The third kappa shape index (κ3) is 4.90. The molecule has 1 aliphatic carbocycles. The van der Waals surface area contributed by atoms with Gasteiger partial charge >= 0.3 is 6.09 Å². The normalized spacial score (nSPS) is 18.0. The monoisotopic (exact) mass is 311 g/mol. The number of aliphatic hydroxyl groups excluding tert-OH is 1. The van der Waals surface area contributed by atoms with Crippen LogP contribution in [-0.4, -0.2) is 22.8 Å². The Bertz CT molecular complexity index is 491. The molecule has 116 valence electrons. The summed E-state index contributed by atoms with van der Waals surface area (Å²) in [5.41, 5.74) is 0.191. The first-order valence-corrected chi connectivity index (χ1v) is 7.57. The first-order chi connectivity index (χ1) is 9.76. The molecular weight excluding hydrogens is 290 g/mol. The molecule has 4 nitrogen and oxygen atoms in total. The highest BCUT2D eigenvalue weighted by Gasteiger charge is 2.38. The van der Waals surface area contributed by atoms with Crippen LogP contribution in [0.3, 0.4) is 0 Å². The van der Waals surface area contributed by atoms with E-state index in [9.17, 15) is 9.90 Å². The lowest BCUT2D eigenvalue weighted by Crippen LogP contribution is -2.43. The summed E-state index contributed by atoms with van der Waals surface area (Å²) in [5.74, 6) is 0.295. The second kappa shape index (κ2) is 6.24. The summed E-state index contributed by atoms with van der Waals surface area (Å²) in [6.07, 6.45) is 0.755. The number of rotatable bonds is 4. The standard InChI is InChI=1S/C16H22ClNO3/c1-16(2,3)21-15(20)18-13(10-4-5-10)14(19)11-6-8-12(17)9-7-11/h6-10,13-14,19H,4-5H2,1-3H3,(H,18,20)/t13-,14?/m0/s1. The average Bonchev–Trinajstić information content (AvgIpc) is 3.18. The second-order valence-electron chi connectivity index (χ2n) is 6.51.